The van der Waals surface area contributed by atoms with Crippen molar-refractivity contribution in [1.82, 2.24) is 10.2 Å². The summed E-state index contributed by atoms with van der Waals surface area (Å²) in [7, 11) is -4.31. The number of carbonyl (C=O) groups is 2. The minimum absolute atomic E-state index is 0.0563. The Kier molecular flexibility index (Phi) is 6.56. The number of hydrogen-bond acceptors (Lipinski definition) is 9. The first-order chi connectivity index (χ1) is 15.8. The predicted molar refractivity (Wildman–Crippen MR) is 117 cm³/mol. The van der Waals surface area contributed by atoms with Gasteiger partial charge in [0.15, 0.2) is 0 Å². The van der Waals surface area contributed by atoms with E-state index in [1.54, 1.807) is 6.92 Å². The maximum Gasteiger partial charge on any atom is 0.341 e. The second kappa shape index (κ2) is 9.40. The fourth-order valence-electron chi connectivity index (χ4n) is 3.55. The first kappa shape index (κ1) is 23.1. The summed E-state index contributed by atoms with van der Waals surface area (Å²) in [5.74, 6) is -3.39. The number of fused-ring (bicyclic) bond motifs is 1. The van der Waals surface area contributed by atoms with Gasteiger partial charge in [-0.2, -0.15) is 0 Å². The molecule has 1 amide bonds. The van der Waals surface area contributed by atoms with Gasteiger partial charge in [-0.15, -0.1) is 16.4 Å². The Morgan fingerprint density at radius 3 is 2.73 bits per heavy atom. The van der Waals surface area contributed by atoms with Gasteiger partial charge in [-0.25, -0.2) is 17.6 Å². The molecular formula is C21H20FN3O6S2. The quantitative estimate of drug-likeness (QED) is 0.496. The van der Waals surface area contributed by atoms with E-state index >= 15 is 0 Å². The van der Waals surface area contributed by atoms with Gasteiger partial charge in [0.05, 0.1) is 17.7 Å². The standard InChI is InChI=1S/C21H20FN3O6S2/c1-2-30-20(27)17-13-8-4-6-10-15(13)32-19(17)23-16(26)11-33(28,29)21-25-24-18(31-21)12-7-3-5-9-14(12)22/h3,5,7,9H,2,4,6,8,10-11H2,1H3,(H,23,26). The lowest BCUT2D eigenvalue weighted by molar-refractivity contribution is -0.113. The zero-order valence-corrected chi connectivity index (χ0v) is 19.2. The van der Waals surface area contributed by atoms with Gasteiger partial charge in [-0.3, -0.25) is 4.79 Å². The van der Waals surface area contributed by atoms with E-state index in [9.17, 15) is 22.4 Å². The van der Waals surface area contributed by atoms with Gasteiger partial charge in [0.1, 0.15) is 16.6 Å². The van der Waals surface area contributed by atoms with Crippen molar-refractivity contribution in [2.24, 2.45) is 0 Å². The number of hydrogen-bond donors (Lipinski definition) is 1. The van der Waals surface area contributed by atoms with Crippen LogP contribution in [0.1, 0.15) is 40.6 Å². The number of carbonyl (C=O) groups excluding carboxylic acids is 2. The highest BCUT2D eigenvalue weighted by Gasteiger charge is 2.30. The van der Waals surface area contributed by atoms with Gasteiger partial charge >= 0.3 is 11.2 Å². The summed E-state index contributed by atoms with van der Waals surface area (Å²) < 4.78 is 49.4. The molecule has 12 heteroatoms. The molecule has 1 aromatic carbocycles. The monoisotopic (exact) mass is 493 g/mol. The third-order valence-corrected chi connectivity index (χ3v) is 7.55. The molecule has 0 spiro atoms. The number of aryl methyl sites for hydroxylation is 1. The van der Waals surface area contributed by atoms with Crippen LogP contribution >= 0.6 is 11.3 Å². The normalized spacial score (nSPS) is 13.4. The minimum atomic E-state index is -4.31. The highest BCUT2D eigenvalue weighted by atomic mass is 32.2. The van der Waals surface area contributed by atoms with E-state index in [1.807, 2.05) is 0 Å². The van der Waals surface area contributed by atoms with E-state index in [0.29, 0.717) is 6.42 Å². The summed E-state index contributed by atoms with van der Waals surface area (Å²) in [4.78, 5) is 26.1. The SMILES string of the molecule is CCOC(=O)c1c(NC(=O)CS(=O)(=O)c2nnc(-c3ccccc3F)o2)sc2c1CCCC2. The summed E-state index contributed by atoms with van der Waals surface area (Å²) in [6.07, 6.45) is 3.36. The summed E-state index contributed by atoms with van der Waals surface area (Å²) in [5.41, 5.74) is 1.07. The van der Waals surface area contributed by atoms with Crippen LogP contribution in [0, 0.1) is 5.82 Å². The van der Waals surface area contributed by atoms with Gasteiger partial charge in [-0.1, -0.05) is 17.2 Å². The number of aromatic nitrogens is 2. The number of ether oxygens (including phenoxy) is 1. The molecule has 0 radical (unpaired) electrons. The van der Waals surface area contributed by atoms with E-state index in [2.05, 4.69) is 15.5 Å². The van der Waals surface area contributed by atoms with Gasteiger partial charge in [-0.05, 0) is 50.3 Å². The Morgan fingerprint density at radius 1 is 1.21 bits per heavy atom. The number of nitrogens with one attached hydrogen (secondary N) is 1. The number of esters is 1. The zero-order valence-electron chi connectivity index (χ0n) is 17.6. The maximum atomic E-state index is 13.9. The van der Waals surface area contributed by atoms with Crippen molar-refractivity contribution < 1.29 is 31.6 Å². The molecule has 0 atom stereocenters. The number of amides is 1. The maximum absolute atomic E-state index is 13.9. The fourth-order valence-corrected chi connectivity index (χ4v) is 5.75. The topological polar surface area (TPSA) is 128 Å². The minimum Gasteiger partial charge on any atom is -0.462 e. The molecule has 0 fully saturated rings. The van der Waals surface area contributed by atoms with Crippen LogP contribution in [0.3, 0.4) is 0 Å². The summed E-state index contributed by atoms with van der Waals surface area (Å²) in [6.45, 7) is 1.86. The largest absolute Gasteiger partial charge is 0.462 e. The molecule has 2 heterocycles. The molecular weight excluding hydrogens is 473 g/mol. The summed E-state index contributed by atoms with van der Waals surface area (Å²) in [6, 6.07) is 5.53. The Hall–Kier alpha value is -3.12. The number of rotatable bonds is 7. The third-order valence-electron chi connectivity index (χ3n) is 5.00. The Balaban J connectivity index is 1.54. The number of halogens is 1. The van der Waals surface area contributed by atoms with Crippen LogP contribution in [-0.2, 0) is 32.2 Å². The average Bonchev–Trinajstić information content (AvgIpc) is 3.39. The molecule has 4 rings (SSSR count). The van der Waals surface area contributed by atoms with Crippen LogP contribution in [0.5, 0.6) is 0 Å². The number of thiophene rings is 1. The summed E-state index contributed by atoms with van der Waals surface area (Å²) in [5, 5.41) is 9.04. The Labute approximate surface area is 192 Å². The van der Waals surface area contributed by atoms with Gasteiger partial charge in [0.2, 0.25) is 15.7 Å². The van der Waals surface area contributed by atoms with Crippen LogP contribution in [0.15, 0.2) is 33.9 Å². The van der Waals surface area contributed by atoms with Crippen molar-refractivity contribution >= 4 is 38.1 Å². The molecule has 1 aliphatic rings. The van der Waals surface area contributed by atoms with Gasteiger partial charge in [0, 0.05) is 4.88 Å². The predicted octanol–water partition coefficient (Wildman–Crippen LogP) is 3.41. The second-order valence-corrected chi connectivity index (χ2v) is 10.3. The van der Waals surface area contributed by atoms with Gasteiger partial charge < -0.3 is 14.5 Å². The van der Waals surface area contributed by atoms with Crippen LogP contribution in [0.2, 0.25) is 0 Å². The second-order valence-electron chi connectivity index (χ2n) is 7.30. The molecule has 174 valence electrons. The van der Waals surface area contributed by atoms with Crippen LogP contribution in [-0.4, -0.2) is 42.9 Å². The molecule has 0 aliphatic heterocycles. The van der Waals surface area contributed by atoms with Crippen molar-refractivity contribution in [3.8, 4) is 11.5 Å². The third kappa shape index (κ3) is 4.81. The molecule has 0 bridgehead atoms. The van der Waals surface area contributed by atoms with E-state index in [1.165, 1.54) is 35.6 Å². The van der Waals surface area contributed by atoms with Crippen molar-refractivity contribution in [2.45, 2.75) is 37.8 Å². The Bertz CT molecular complexity index is 1320. The first-order valence-corrected chi connectivity index (χ1v) is 12.7. The highest BCUT2D eigenvalue weighted by molar-refractivity contribution is 7.91. The van der Waals surface area contributed by atoms with Crippen molar-refractivity contribution in [3.05, 3.63) is 46.1 Å². The molecule has 0 saturated carbocycles. The van der Waals surface area contributed by atoms with Crippen molar-refractivity contribution in [2.75, 3.05) is 17.7 Å². The molecule has 33 heavy (non-hydrogen) atoms. The Morgan fingerprint density at radius 2 is 1.97 bits per heavy atom. The molecule has 3 aromatic rings. The number of sulfone groups is 1. The molecule has 1 N–H and O–H groups in total. The van der Waals surface area contributed by atoms with E-state index in [0.717, 1.165) is 29.7 Å². The number of benzene rings is 1. The smallest absolute Gasteiger partial charge is 0.341 e. The summed E-state index contributed by atoms with van der Waals surface area (Å²) >= 11 is 1.25. The lowest BCUT2D eigenvalue weighted by atomic mass is 9.95. The lowest BCUT2D eigenvalue weighted by Crippen LogP contribution is -2.24. The van der Waals surface area contributed by atoms with Crippen molar-refractivity contribution in [3.63, 3.8) is 0 Å². The zero-order chi connectivity index (χ0) is 23.6. The molecule has 2 aromatic heterocycles. The van der Waals surface area contributed by atoms with Crippen LogP contribution in [0.4, 0.5) is 9.39 Å². The van der Waals surface area contributed by atoms with Gasteiger partial charge in [0.25, 0.3) is 5.89 Å². The van der Waals surface area contributed by atoms with E-state index in [-0.39, 0.29) is 28.6 Å². The molecule has 1 aliphatic carbocycles. The molecule has 0 unspecified atom stereocenters. The number of anilines is 1. The number of nitrogens with zero attached hydrogens (tertiary/aromatic N) is 2. The lowest BCUT2D eigenvalue weighted by Gasteiger charge is -2.12. The van der Waals surface area contributed by atoms with Crippen molar-refractivity contribution in [1.29, 1.82) is 0 Å². The van der Waals surface area contributed by atoms with Crippen LogP contribution in [0.25, 0.3) is 11.5 Å². The molecule has 9 nitrogen and oxygen atoms in total. The van der Waals surface area contributed by atoms with E-state index < -0.39 is 38.5 Å². The van der Waals surface area contributed by atoms with Crippen LogP contribution < -0.4 is 5.32 Å². The average molecular weight is 494 g/mol. The van der Waals surface area contributed by atoms with E-state index in [4.69, 9.17) is 9.15 Å². The molecule has 0 saturated heterocycles. The highest BCUT2D eigenvalue weighted by Crippen LogP contribution is 2.38. The first-order valence-electron chi connectivity index (χ1n) is 10.2. The fraction of sp³-hybridized carbons (Fsp3) is 0.333.